The second-order valence-corrected chi connectivity index (χ2v) is 6.49. The van der Waals surface area contributed by atoms with Crippen molar-refractivity contribution in [2.45, 2.75) is 12.8 Å². The number of nitrogens with one attached hydrogen (secondary N) is 1. The van der Waals surface area contributed by atoms with E-state index in [1.165, 1.54) is 0 Å². The van der Waals surface area contributed by atoms with Gasteiger partial charge in [-0.05, 0) is 46.6 Å². The van der Waals surface area contributed by atoms with Gasteiger partial charge in [-0.3, -0.25) is 4.99 Å². The summed E-state index contributed by atoms with van der Waals surface area (Å²) in [6, 6.07) is 22.9. The zero-order chi connectivity index (χ0) is 20.3. The summed E-state index contributed by atoms with van der Waals surface area (Å²) in [6.07, 6.45) is 9.05. The van der Waals surface area contributed by atoms with Gasteiger partial charge in [0.2, 0.25) is 0 Å². The summed E-state index contributed by atoms with van der Waals surface area (Å²) in [5, 5.41) is 20.6. The first-order valence-corrected chi connectivity index (χ1v) is 9.60. The van der Waals surface area contributed by atoms with Crippen molar-refractivity contribution in [1.82, 2.24) is 0 Å². The number of nitrogens with zero attached hydrogens (tertiary/aromatic N) is 3. The molecule has 0 atom stereocenters. The smallest absolute Gasteiger partial charge is 0.0641 e. The fraction of sp³-hybridized carbons (Fsp3) is 0.160. The molecule has 0 aromatic heterocycles. The lowest BCUT2D eigenvalue weighted by Crippen LogP contribution is -2.01. The standard InChI is InChI=1S/C25H22N4.ClH/c26-16-4-18-28-23-12-8-21(9-13-23)25(20-6-2-1-3-7-20)22-10-14-24(15-11-22)29-19-5-17-27;/h1-3,6-15,28H,4-5,18-19H2;1H. The van der Waals surface area contributed by atoms with Gasteiger partial charge in [-0.1, -0.05) is 54.6 Å². The summed E-state index contributed by atoms with van der Waals surface area (Å²) in [6.45, 7) is 1.16. The summed E-state index contributed by atoms with van der Waals surface area (Å²) < 4.78 is 0. The Bertz CT molecular complexity index is 1020. The van der Waals surface area contributed by atoms with Crippen LogP contribution in [0.5, 0.6) is 0 Å². The first-order valence-electron chi connectivity index (χ1n) is 9.60. The second-order valence-electron chi connectivity index (χ2n) is 6.49. The fourth-order valence-electron chi connectivity index (χ4n) is 3.09. The number of hydrogen-bond donors (Lipinski definition) is 1. The molecule has 0 unspecified atom stereocenters. The summed E-state index contributed by atoms with van der Waals surface area (Å²) >= 11 is 0. The molecule has 0 spiro atoms. The quantitative estimate of drug-likeness (QED) is 0.589. The Morgan fingerprint density at radius 1 is 0.800 bits per heavy atom. The lowest BCUT2D eigenvalue weighted by Gasteiger charge is -2.15. The second kappa shape index (κ2) is 12.1. The van der Waals surface area contributed by atoms with E-state index >= 15 is 0 Å². The van der Waals surface area contributed by atoms with Gasteiger partial charge in [-0.2, -0.15) is 10.5 Å². The van der Waals surface area contributed by atoms with Crippen molar-refractivity contribution in [3.63, 3.8) is 0 Å². The largest absolute Gasteiger partial charge is 0.384 e. The minimum atomic E-state index is 0. The molecule has 0 saturated heterocycles. The Hall–Kier alpha value is -3.60. The summed E-state index contributed by atoms with van der Waals surface area (Å²) in [7, 11) is 0. The van der Waals surface area contributed by atoms with E-state index in [9.17, 15) is 0 Å². The van der Waals surface area contributed by atoms with E-state index < -0.39 is 0 Å². The van der Waals surface area contributed by atoms with E-state index in [1.54, 1.807) is 0 Å². The van der Waals surface area contributed by atoms with Crippen LogP contribution >= 0.6 is 12.4 Å². The molecule has 1 aliphatic carbocycles. The number of anilines is 1. The molecule has 1 aliphatic rings. The maximum absolute atomic E-state index is 8.68. The maximum Gasteiger partial charge on any atom is 0.0641 e. The summed E-state index contributed by atoms with van der Waals surface area (Å²) in [5.41, 5.74) is 6.41. The van der Waals surface area contributed by atoms with Gasteiger partial charge in [0.15, 0.2) is 0 Å². The molecule has 0 aliphatic heterocycles. The average molecular weight is 415 g/mol. The molecule has 3 rings (SSSR count). The van der Waals surface area contributed by atoms with Gasteiger partial charge in [-0.25, -0.2) is 0 Å². The highest BCUT2D eigenvalue weighted by atomic mass is 35.5. The Balaban J connectivity index is 0.00000320. The first-order chi connectivity index (χ1) is 14.3. The van der Waals surface area contributed by atoms with Gasteiger partial charge in [0, 0.05) is 12.2 Å². The van der Waals surface area contributed by atoms with Gasteiger partial charge >= 0.3 is 0 Å². The molecule has 30 heavy (non-hydrogen) atoms. The summed E-state index contributed by atoms with van der Waals surface area (Å²) in [4.78, 5) is 4.43. The molecule has 0 heterocycles. The van der Waals surface area contributed by atoms with Crippen LogP contribution in [0.2, 0.25) is 0 Å². The average Bonchev–Trinajstić information content (AvgIpc) is 2.77. The van der Waals surface area contributed by atoms with E-state index in [4.69, 9.17) is 10.5 Å². The van der Waals surface area contributed by atoms with Crippen molar-refractivity contribution in [3.8, 4) is 12.1 Å². The molecule has 2 aromatic carbocycles. The molecule has 0 fully saturated rings. The van der Waals surface area contributed by atoms with Crippen molar-refractivity contribution < 1.29 is 0 Å². The van der Waals surface area contributed by atoms with Gasteiger partial charge in [0.25, 0.3) is 0 Å². The topological polar surface area (TPSA) is 72.0 Å². The zero-order valence-electron chi connectivity index (χ0n) is 16.6. The normalized spacial score (nSPS) is 11.8. The van der Waals surface area contributed by atoms with Crippen LogP contribution in [0.3, 0.4) is 0 Å². The van der Waals surface area contributed by atoms with Crippen LogP contribution in [0.1, 0.15) is 24.0 Å². The third-order valence-corrected chi connectivity index (χ3v) is 4.48. The first kappa shape index (κ1) is 22.7. The highest BCUT2D eigenvalue weighted by Gasteiger charge is 2.11. The van der Waals surface area contributed by atoms with E-state index in [2.05, 4.69) is 58.9 Å². The Morgan fingerprint density at radius 3 is 2.07 bits per heavy atom. The third-order valence-electron chi connectivity index (χ3n) is 4.48. The monoisotopic (exact) mass is 414 g/mol. The Labute approximate surface area is 184 Å². The van der Waals surface area contributed by atoms with Crippen molar-refractivity contribution in [2.75, 3.05) is 18.4 Å². The van der Waals surface area contributed by atoms with Crippen LogP contribution in [0.4, 0.5) is 5.69 Å². The number of halogens is 1. The van der Waals surface area contributed by atoms with E-state index in [0.29, 0.717) is 25.9 Å². The molecular weight excluding hydrogens is 392 g/mol. The number of rotatable bonds is 7. The molecule has 2 aromatic rings. The molecule has 4 nitrogen and oxygen atoms in total. The van der Waals surface area contributed by atoms with Crippen LogP contribution in [0.15, 0.2) is 89.5 Å². The summed E-state index contributed by atoms with van der Waals surface area (Å²) in [5.74, 6) is 0. The molecule has 0 amide bonds. The number of nitriles is 2. The van der Waals surface area contributed by atoms with Crippen molar-refractivity contribution in [2.24, 2.45) is 4.99 Å². The van der Waals surface area contributed by atoms with Crippen LogP contribution in [0.25, 0.3) is 5.57 Å². The van der Waals surface area contributed by atoms with Crippen molar-refractivity contribution >= 4 is 29.4 Å². The molecule has 5 heteroatoms. The van der Waals surface area contributed by atoms with E-state index in [1.807, 2.05) is 42.5 Å². The van der Waals surface area contributed by atoms with Gasteiger partial charge in [0.05, 0.1) is 37.2 Å². The predicted molar refractivity (Wildman–Crippen MR) is 126 cm³/mol. The molecule has 0 radical (unpaired) electrons. The maximum atomic E-state index is 8.68. The van der Waals surface area contributed by atoms with Crippen molar-refractivity contribution in [1.29, 1.82) is 10.5 Å². The number of hydrogen-bond acceptors (Lipinski definition) is 4. The highest BCUT2D eigenvalue weighted by Crippen LogP contribution is 2.30. The lowest BCUT2D eigenvalue weighted by atomic mass is 9.91. The zero-order valence-corrected chi connectivity index (χ0v) is 17.4. The minimum Gasteiger partial charge on any atom is -0.384 e. The molecular formula is C25H23ClN4. The minimum absolute atomic E-state index is 0. The molecule has 0 saturated carbocycles. The Kier molecular flexibility index (Phi) is 9.13. The van der Waals surface area contributed by atoms with Crippen LogP contribution < -0.4 is 5.32 Å². The lowest BCUT2D eigenvalue weighted by molar-refractivity contribution is 1.02. The fourth-order valence-corrected chi connectivity index (χ4v) is 3.09. The van der Waals surface area contributed by atoms with E-state index in [0.717, 1.165) is 33.7 Å². The van der Waals surface area contributed by atoms with Gasteiger partial charge in [-0.15, -0.1) is 12.4 Å². The number of allylic oxidation sites excluding steroid dienone is 5. The number of benzene rings is 2. The molecule has 1 N–H and O–H groups in total. The van der Waals surface area contributed by atoms with Crippen LogP contribution in [-0.2, 0) is 0 Å². The predicted octanol–water partition coefficient (Wildman–Crippen LogP) is 5.72. The SMILES string of the molecule is Cl.N#CCCN=C1C=CC(=C(c2ccccc2)c2ccc(NCCC#N)cc2)C=C1. The van der Waals surface area contributed by atoms with Crippen LogP contribution in [-0.4, -0.2) is 18.8 Å². The molecule has 150 valence electrons. The number of aliphatic imine (C=N–C) groups is 1. The third kappa shape index (κ3) is 6.21. The Morgan fingerprint density at radius 2 is 1.43 bits per heavy atom. The van der Waals surface area contributed by atoms with Crippen molar-refractivity contribution in [3.05, 3.63) is 95.6 Å². The van der Waals surface area contributed by atoms with Gasteiger partial charge < -0.3 is 5.32 Å². The molecule has 0 bridgehead atoms. The van der Waals surface area contributed by atoms with E-state index in [-0.39, 0.29) is 12.4 Å². The van der Waals surface area contributed by atoms with Gasteiger partial charge in [0.1, 0.15) is 0 Å². The highest BCUT2D eigenvalue weighted by molar-refractivity contribution is 6.07. The van der Waals surface area contributed by atoms with Crippen LogP contribution in [0, 0.1) is 22.7 Å².